The number of hydrogen-bond donors (Lipinski definition) is 1. The lowest BCUT2D eigenvalue weighted by Gasteiger charge is -2.30. The molecule has 0 amide bonds. The molecule has 1 N–H and O–H groups in total. The highest BCUT2D eigenvalue weighted by Crippen LogP contribution is 2.25. The minimum absolute atomic E-state index is 0.0445. The third kappa shape index (κ3) is 3.54. The number of aromatic amines is 1. The number of carbonyl (C=O) groups is 1. The smallest absolute Gasteiger partial charge is 0.328 e. The van der Waals surface area contributed by atoms with E-state index < -0.39 is 33.2 Å². The van der Waals surface area contributed by atoms with Crippen LogP contribution >= 0.6 is 0 Å². The molecule has 1 aromatic heterocycles. The first-order valence-corrected chi connectivity index (χ1v) is 10.1. The van der Waals surface area contributed by atoms with Gasteiger partial charge in [0.2, 0.25) is 10.0 Å². The lowest BCUT2D eigenvalue weighted by atomic mass is 10.0. The Kier molecular flexibility index (Phi) is 5.20. The Morgan fingerprint density at radius 1 is 1.33 bits per heavy atom. The Morgan fingerprint density at radius 3 is 2.78 bits per heavy atom. The van der Waals surface area contributed by atoms with Crippen molar-refractivity contribution in [3.05, 3.63) is 39.0 Å². The summed E-state index contributed by atoms with van der Waals surface area (Å²) in [7, 11) is -2.57. The summed E-state index contributed by atoms with van der Waals surface area (Å²) in [4.78, 5) is 38.4. The van der Waals surface area contributed by atoms with Gasteiger partial charge < -0.3 is 9.72 Å². The van der Waals surface area contributed by atoms with E-state index in [1.807, 2.05) is 0 Å². The van der Waals surface area contributed by atoms with Crippen LogP contribution < -0.4 is 11.2 Å². The number of H-pyrrole nitrogens is 1. The maximum absolute atomic E-state index is 13.0. The number of sulfonamides is 1. The average Bonchev–Trinajstić information content (AvgIpc) is 2.66. The van der Waals surface area contributed by atoms with Crippen LogP contribution in [0.5, 0.6) is 0 Å². The van der Waals surface area contributed by atoms with E-state index >= 15 is 0 Å². The van der Waals surface area contributed by atoms with Crippen molar-refractivity contribution in [3.63, 3.8) is 0 Å². The number of ether oxygens (including phenoxy) is 1. The molecule has 0 radical (unpaired) electrons. The van der Waals surface area contributed by atoms with Gasteiger partial charge in [0.05, 0.1) is 28.3 Å². The van der Waals surface area contributed by atoms with Crippen LogP contribution in [-0.4, -0.2) is 47.9 Å². The zero-order valence-electron chi connectivity index (χ0n) is 15.1. The van der Waals surface area contributed by atoms with E-state index in [1.165, 1.54) is 29.6 Å². The van der Waals surface area contributed by atoms with E-state index in [0.717, 1.165) is 4.57 Å². The first-order valence-electron chi connectivity index (χ1n) is 8.65. The predicted octanol–water partition coefficient (Wildman–Crippen LogP) is 0.191. The second-order valence-corrected chi connectivity index (χ2v) is 8.39. The number of fused-ring (bicyclic) bond motifs is 1. The maximum Gasteiger partial charge on any atom is 0.328 e. The number of hydrogen-bond acceptors (Lipinski definition) is 6. The van der Waals surface area contributed by atoms with Crippen LogP contribution in [0.2, 0.25) is 0 Å². The Bertz CT molecular complexity index is 1100. The van der Waals surface area contributed by atoms with Crippen LogP contribution in [-0.2, 0) is 26.6 Å². The van der Waals surface area contributed by atoms with Crippen molar-refractivity contribution < 1.29 is 17.9 Å². The van der Waals surface area contributed by atoms with Gasteiger partial charge in [-0.25, -0.2) is 13.2 Å². The summed E-state index contributed by atoms with van der Waals surface area (Å²) in [5.41, 5.74) is -0.879. The molecule has 2 aromatic rings. The van der Waals surface area contributed by atoms with E-state index in [9.17, 15) is 22.8 Å². The fourth-order valence-corrected chi connectivity index (χ4v) is 4.75. The lowest BCUT2D eigenvalue weighted by Crippen LogP contribution is -2.42. The molecule has 27 heavy (non-hydrogen) atoms. The van der Waals surface area contributed by atoms with Gasteiger partial charge in [-0.3, -0.25) is 14.2 Å². The maximum atomic E-state index is 13.0. The molecule has 1 aliphatic rings. The molecule has 1 aliphatic heterocycles. The van der Waals surface area contributed by atoms with Crippen molar-refractivity contribution in [2.75, 3.05) is 19.7 Å². The number of piperidine rings is 1. The van der Waals surface area contributed by atoms with E-state index in [2.05, 4.69) is 4.98 Å². The van der Waals surface area contributed by atoms with Gasteiger partial charge in [0.15, 0.2) is 0 Å². The Balaban J connectivity index is 1.98. The minimum Gasteiger partial charge on any atom is -0.466 e. The number of benzene rings is 1. The molecule has 146 valence electrons. The van der Waals surface area contributed by atoms with Crippen LogP contribution in [0.4, 0.5) is 0 Å². The molecule has 1 atom stereocenters. The average molecular weight is 395 g/mol. The van der Waals surface area contributed by atoms with E-state index in [1.54, 1.807) is 6.92 Å². The fourth-order valence-electron chi connectivity index (χ4n) is 3.20. The van der Waals surface area contributed by atoms with Gasteiger partial charge >= 0.3 is 11.7 Å². The zero-order chi connectivity index (χ0) is 19.8. The molecule has 3 rings (SSSR count). The van der Waals surface area contributed by atoms with Crippen molar-refractivity contribution in [2.24, 2.45) is 13.0 Å². The standard InChI is InChI=1S/C17H21N3O6S/c1-3-26-16(22)11-5-4-8-20(10-11)27(24,25)12-6-7-14-13(9-12)15(21)19(2)17(23)18-14/h6-7,9,11H,3-5,8,10H2,1-2H3,(H,18,23)/t11-/m0/s1. The number of carbonyl (C=O) groups excluding carboxylic acids is 1. The van der Waals surface area contributed by atoms with E-state index in [4.69, 9.17) is 4.74 Å². The quantitative estimate of drug-likeness (QED) is 0.739. The second-order valence-electron chi connectivity index (χ2n) is 6.46. The first-order chi connectivity index (χ1) is 12.8. The van der Waals surface area contributed by atoms with Crippen LogP contribution in [0.25, 0.3) is 10.9 Å². The lowest BCUT2D eigenvalue weighted by molar-refractivity contribution is -0.149. The van der Waals surface area contributed by atoms with Crippen LogP contribution in [0.15, 0.2) is 32.7 Å². The third-order valence-electron chi connectivity index (χ3n) is 4.71. The Labute approximate surface area is 155 Å². The molecule has 0 bridgehead atoms. The van der Waals surface area contributed by atoms with Crippen LogP contribution in [0, 0.1) is 5.92 Å². The summed E-state index contributed by atoms with van der Waals surface area (Å²) < 4.78 is 33.2. The fraction of sp³-hybridized carbons (Fsp3) is 0.471. The molecule has 0 spiro atoms. The van der Waals surface area contributed by atoms with Gasteiger partial charge in [0.25, 0.3) is 5.56 Å². The third-order valence-corrected chi connectivity index (χ3v) is 6.58. The summed E-state index contributed by atoms with van der Waals surface area (Å²) in [6, 6.07) is 4.01. The van der Waals surface area contributed by atoms with Crippen molar-refractivity contribution in [1.29, 1.82) is 0 Å². The molecule has 9 nitrogen and oxygen atoms in total. The number of nitrogens with one attached hydrogen (secondary N) is 1. The van der Waals surface area contributed by atoms with E-state index in [-0.39, 0.29) is 29.0 Å². The molecule has 1 fully saturated rings. The Hall–Kier alpha value is -2.46. The summed E-state index contributed by atoms with van der Waals surface area (Å²) in [5.74, 6) is -0.902. The molecular formula is C17H21N3O6S. The topological polar surface area (TPSA) is 119 Å². The highest BCUT2D eigenvalue weighted by molar-refractivity contribution is 7.89. The number of nitrogens with zero attached hydrogens (tertiary/aromatic N) is 2. The first kappa shape index (κ1) is 19.3. The zero-order valence-corrected chi connectivity index (χ0v) is 15.9. The molecule has 0 unspecified atom stereocenters. The van der Waals surface area contributed by atoms with Crippen molar-refractivity contribution in [2.45, 2.75) is 24.7 Å². The molecule has 0 aliphatic carbocycles. The predicted molar refractivity (Wildman–Crippen MR) is 97.9 cm³/mol. The van der Waals surface area contributed by atoms with Crippen molar-refractivity contribution in [3.8, 4) is 0 Å². The normalized spacial score (nSPS) is 18.5. The highest BCUT2D eigenvalue weighted by Gasteiger charge is 2.34. The van der Waals surface area contributed by atoms with Gasteiger partial charge in [-0.1, -0.05) is 0 Å². The molecule has 0 saturated carbocycles. The molecular weight excluding hydrogens is 374 g/mol. The Morgan fingerprint density at radius 2 is 2.07 bits per heavy atom. The second kappa shape index (κ2) is 7.28. The van der Waals surface area contributed by atoms with Crippen molar-refractivity contribution in [1.82, 2.24) is 13.9 Å². The number of aromatic nitrogens is 2. The molecule has 1 saturated heterocycles. The molecule has 1 aromatic carbocycles. The largest absolute Gasteiger partial charge is 0.466 e. The van der Waals surface area contributed by atoms with Gasteiger partial charge in [0, 0.05) is 20.1 Å². The summed E-state index contributed by atoms with van der Waals surface area (Å²) in [6.45, 7) is 2.28. The SMILES string of the molecule is CCOC(=O)[C@H]1CCCN(S(=O)(=O)c2ccc3[nH]c(=O)n(C)c(=O)c3c2)C1. The summed E-state index contributed by atoms with van der Waals surface area (Å²) >= 11 is 0. The summed E-state index contributed by atoms with van der Waals surface area (Å²) in [6.07, 6.45) is 1.12. The highest BCUT2D eigenvalue weighted by atomic mass is 32.2. The number of rotatable bonds is 4. The summed E-state index contributed by atoms with van der Waals surface area (Å²) in [5, 5.41) is 0.108. The number of esters is 1. The van der Waals surface area contributed by atoms with Gasteiger partial charge in [-0.2, -0.15) is 4.31 Å². The van der Waals surface area contributed by atoms with Gasteiger partial charge in [-0.15, -0.1) is 0 Å². The molecule has 2 heterocycles. The van der Waals surface area contributed by atoms with Gasteiger partial charge in [-0.05, 0) is 38.0 Å². The van der Waals surface area contributed by atoms with Crippen LogP contribution in [0.1, 0.15) is 19.8 Å². The van der Waals surface area contributed by atoms with Crippen molar-refractivity contribution >= 4 is 26.9 Å². The van der Waals surface area contributed by atoms with Crippen LogP contribution in [0.3, 0.4) is 0 Å². The van der Waals surface area contributed by atoms with E-state index in [0.29, 0.717) is 19.4 Å². The van der Waals surface area contributed by atoms with Gasteiger partial charge in [0.1, 0.15) is 0 Å². The minimum atomic E-state index is -3.89. The molecule has 10 heteroatoms. The monoisotopic (exact) mass is 395 g/mol.